The first-order valence-corrected chi connectivity index (χ1v) is 10.7. The van der Waals surface area contributed by atoms with E-state index in [1.165, 1.54) is 37.7 Å². The van der Waals surface area contributed by atoms with Crippen LogP contribution in [0, 0.1) is 5.92 Å². The Morgan fingerprint density at radius 1 is 1.04 bits per heavy atom. The van der Waals surface area contributed by atoms with Crippen LogP contribution in [0.25, 0.3) is 0 Å². The molecule has 1 aliphatic heterocycles. The minimum Gasteiger partial charge on any atom is -0.306 e. The second kappa shape index (κ2) is 7.54. The zero-order chi connectivity index (χ0) is 17.2. The second-order valence-corrected chi connectivity index (χ2v) is 9.37. The number of rotatable bonds is 4. The van der Waals surface area contributed by atoms with Crippen molar-refractivity contribution in [1.82, 2.24) is 9.62 Å². The van der Waals surface area contributed by atoms with Crippen molar-refractivity contribution in [3.63, 3.8) is 0 Å². The molecule has 1 aliphatic carbocycles. The van der Waals surface area contributed by atoms with Gasteiger partial charge in [0.1, 0.15) is 0 Å². The molecule has 0 radical (unpaired) electrons. The first kappa shape index (κ1) is 17.9. The van der Waals surface area contributed by atoms with Gasteiger partial charge >= 0.3 is 0 Å². The molecule has 24 heavy (non-hydrogen) atoms. The van der Waals surface area contributed by atoms with Gasteiger partial charge in [-0.25, -0.2) is 13.1 Å². The van der Waals surface area contributed by atoms with E-state index in [-0.39, 0.29) is 6.04 Å². The van der Waals surface area contributed by atoms with E-state index in [4.69, 9.17) is 0 Å². The maximum Gasteiger partial charge on any atom is 0.240 e. The van der Waals surface area contributed by atoms with Gasteiger partial charge in [-0.05, 0) is 62.4 Å². The lowest BCUT2D eigenvalue weighted by Gasteiger charge is -2.34. The molecule has 0 unspecified atom stereocenters. The highest BCUT2D eigenvalue weighted by Crippen LogP contribution is 2.33. The van der Waals surface area contributed by atoms with Crippen molar-refractivity contribution in [2.45, 2.75) is 62.3 Å². The van der Waals surface area contributed by atoms with Crippen LogP contribution >= 0.6 is 0 Å². The van der Waals surface area contributed by atoms with Crippen molar-refractivity contribution >= 4 is 10.0 Å². The summed E-state index contributed by atoms with van der Waals surface area (Å²) < 4.78 is 28.3. The van der Waals surface area contributed by atoms with Crippen molar-refractivity contribution < 1.29 is 8.42 Å². The van der Waals surface area contributed by atoms with Crippen molar-refractivity contribution in [2.75, 3.05) is 20.1 Å². The number of sulfonamides is 1. The Morgan fingerprint density at radius 3 is 2.33 bits per heavy atom. The van der Waals surface area contributed by atoms with Crippen molar-refractivity contribution in [1.29, 1.82) is 0 Å². The van der Waals surface area contributed by atoms with Crippen LogP contribution in [0.1, 0.15) is 56.9 Å². The van der Waals surface area contributed by atoms with Gasteiger partial charge in [-0.3, -0.25) is 0 Å². The van der Waals surface area contributed by atoms with Crippen LogP contribution in [0.15, 0.2) is 29.2 Å². The number of nitrogens with one attached hydrogen (secondary N) is 1. The van der Waals surface area contributed by atoms with E-state index in [1.54, 1.807) is 12.1 Å². The van der Waals surface area contributed by atoms with Crippen LogP contribution in [-0.4, -0.2) is 39.5 Å². The number of nitrogens with zero attached hydrogens (tertiary/aromatic N) is 1. The summed E-state index contributed by atoms with van der Waals surface area (Å²) in [5.74, 6) is 0.942. The molecular weight excluding hydrogens is 320 g/mol. The topological polar surface area (TPSA) is 49.4 Å². The van der Waals surface area contributed by atoms with E-state index in [0.29, 0.717) is 16.7 Å². The third-order valence-corrected chi connectivity index (χ3v) is 7.19. The molecule has 3 rings (SSSR count). The van der Waals surface area contributed by atoms with Gasteiger partial charge in [-0.2, -0.15) is 0 Å². The van der Waals surface area contributed by atoms with Crippen molar-refractivity contribution in [3.05, 3.63) is 29.8 Å². The summed E-state index contributed by atoms with van der Waals surface area (Å²) in [6.45, 7) is 4.00. The van der Waals surface area contributed by atoms with Gasteiger partial charge in [-0.15, -0.1) is 0 Å². The number of likely N-dealkylation sites (tertiary alicyclic amines) is 1. The Hall–Kier alpha value is -0.910. The molecule has 1 N–H and O–H groups in total. The van der Waals surface area contributed by atoms with Crippen LogP contribution in [0.3, 0.4) is 0 Å². The van der Waals surface area contributed by atoms with Crippen LogP contribution in [0.2, 0.25) is 0 Å². The zero-order valence-corrected chi connectivity index (χ0v) is 15.7. The third-order valence-electron chi connectivity index (χ3n) is 5.68. The van der Waals surface area contributed by atoms with E-state index < -0.39 is 10.0 Å². The summed E-state index contributed by atoms with van der Waals surface area (Å²) in [6, 6.07) is 7.63. The summed E-state index contributed by atoms with van der Waals surface area (Å²) in [7, 11) is -1.34. The average molecular weight is 351 g/mol. The molecule has 2 fully saturated rings. The Morgan fingerprint density at radius 2 is 1.71 bits per heavy atom. The van der Waals surface area contributed by atoms with Crippen LogP contribution in [-0.2, 0) is 10.0 Å². The lowest BCUT2D eigenvalue weighted by molar-refractivity contribution is 0.188. The highest BCUT2D eigenvalue weighted by molar-refractivity contribution is 7.89. The minimum atomic E-state index is -3.43. The van der Waals surface area contributed by atoms with E-state index in [1.807, 2.05) is 12.1 Å². The zero-order valence-electron chi connectivity index (χ0n) is 14.9. The summed E-state index contributed by atoms with van der Waals surface area (Å²) in [6.07, 6.45) is 7.26. The molecule has 1 saturated heterocycles. The van der Waals surface area contributed by atoms with E-state index in [0.717, 1.165) is 19.5 Å². The first-order chi connectivity index (χ1) is 11.5. The fourth-order valence-corrected chi connectivity index (χ4v) is 5.53. The van der Waals surface area contributed by atoms with Gasteiger partial charge in [0.05, 0.1) is 4.90 Å². The Bertz CT molecular complexity index is 636. The summed E-state index contributed by atoms with van der Waals surface area (Å²) in [4.78, 5) is 2.65. The van der Waals surface area contributed by atoms with Gasteiger partial charge in [0.25, 0.3) is 0 Å². The van der Waals surface area contributed by atoms with Gasteiger partial charge in [0.2, 0.25) is 10.0 Å². The summed E-state index contributed by atoms with van der Waals surface area (Å²) in [5.41, 5.74) is 1.29. The summed E-state index contributed by atoms with van der Waals surface area (Å²) in [5, 5.41) is 0. The molecule has 1 saturated carbocycles. The predicted octanol–water partition coefficient (Wildman–Crippen LogP) is 3.35. The van der Waals surface area contributed by atoms with E-state index in [2.05, 4.69) is 23.6 Å². The largest absolute Gasteiger partial charge is 0.306 e. The lowest BCUT2D eigenvalue weighted by atomic mass is 9.84. The van der Waals surface area contributed by atoms with Crippen molar-refractivity contribution in [3.8, 4) is 0 Å². The molecule has 1 aromatic carbocycles. The SMILES string of the molecule is C[C@H]1CN(C)CC[C@@H]1NS(=O)(=O)c1ccc(C2CCCCC2)cc1. The number of hydrogen-bond donors (Lipinski definition) is 1. The van der Waals surface area contributed by atoms with Gasteiger partial charge in [0.15, 0.2) is 0 Å². The van der Waals surface area contributed by atoms with Crippen LogP contribution in [0.4, 0.5) is 0 Å². The molecule has 134 valence electrons. The highest BCUT2D eigenvalue weighted by Gasteiger charge is 2.28. The molecule has 1 heterocycles. The molecule has 4 nitrogen and oxygen atoms in total. The standard InChI is InChI=1S/C19H30N2O2S/c1-15-14-21(2)13-12-19(15)20-24(22,23)18-10-8-17(9-11-18)16-6-4-3-5-7-16/h8-11,15-16,19-20H,3-7,12-14H2,1-2H3/t15-,19-/m0/s1. The monoisotopic (exact) mass is 350 g/mol. The quantitative estimate of drug-likeness (QED) is 0.906. The van der Waals surface area contributed by atoms with E-state index >= 15 is 0 Å². The number of benzene rings is 1. The average Bonchev–Trinajstić information content (AvgIpc) is 2.58. The molecule has 2 aliphatic rings. The lowest BCUT2D eigenvalue weighted by Crippen LogP contribution is -2.48. The number of piperidine rings is 1. The minimum absolute atomic E-state index is 0.0317. The molecule has 0 spiro atoms. The van der Waals surface area contributed by atoms with Crippen LogP contribution < -0.4 is 4.72 Å². The van der Waals surface area contributed by atoms with Gasteiger partial charge in [0, 0.05) is 12.6 Å². The summed E-state index contributed by atoms with van der Waals surface area (Å²) >= 11 is 0. The Kier molecular flexibility index (Phi) is 5.63. The molecule has 0 bridgehead atoms. The molecule has 2 atom stereocenters. The highest BCUT2D eigenvalue weighted by atomic mass is 32.2. The Labute approximate surface area is 146 Å². The molecule has 0 aromatic heterocycles. The fourth-order valence-electron chi connectivity index (χ4n) is 4.15. The smallest absolute Gasteiger partial charge is 0.240 e. The first-order valence-electron chi connectivity index (χ1n) is 9.26. The number of hydrogen-bond acceptors (Lipinski definition) is 3. The third kappa shape index (κ3) is 4.19. The Balaban J connectivity index is 1.68. The maximum atomic E-state index is 12.7. The fraction of sp³-hybridized carbons (Fsp3) is 0.684. The van der Waals surface area contributed by atoms with Gasteiger partial charge < -0.3 is 4.90 Å². The second-order valence-electron chi connectivity index (χ2n) is 7.66. The van der Waals surface area contributed by atoms with Gasteiger partial charge in [-0.1, -0.05) is 38.3 Å². The van der Waals surface area contributed by atoms with E-state index in [9.17, 15) is 8.42 Å². The molecule has 5 heteroatoms. The molecular formula is C19H30N2O2S. The van der Waals surface area contributed by atoms with Crippen LogP contribution in [0.5, 0.6) is 0 Å². The van der Waals surface area contributed by atoms with Crippen molar-refractivity contribution in [2.24, 2.45) is 5.92 Å². The normalized spacial score (nSPS) is 27.2. The predicted molar refractivity (Wildman–Crippen MR) is 97.7 cm³/mol. The molecule has 1 aromatic rings. The maximum absolute atomic E-state index is 12.7. The molecule has 0 amide bonds.